The predicted molar refractivity (Wildman–Crippen MR) is 432 cm³/mol. The van der Waals surface area contributed by atoms with Gasteiger partial charge in [-0.1, -0.05) is 113 Å². The van der Waals surface area contributed by atoms with Gasteiger partial charge in [0, 0.05) is 74.0 Å². The van der Waals surface area contributed by atoms with Crippen LogP contribution < -0.4 is 37.6 Å². The third-order valence-corrected chi connectivity index (χ3v) is 20.2. The van der Waals surface area contributed by atoms with Crippen LogP contribution in [0.2, 0.25) is 0 Å². The number of amides is 9. The normalized spacial score (nSPS) is 20.2. The van der Waals surface area contributed by atoms with Crippen LogP contribution in [0.5, 0.6) is 0 Å². The number of hydroxylamine groups is 4. The Bertz CT molecular complexity index is 3460. The first-order chi connectivity index (χ1) is 52.5. The minimum absolute atomic E-state index is 0.173. The van der Waals surface area contributed by atoms with Crippen molar-refractivity contribution >= 4 is 59.9 Å². The van der Waals surface area contributed by atoms with Gasteiger partial charge in [-0.15, -0.1) is 0 Å². The number of likely N-dealkylation sites (tertiary alicyclic amines) is 2. The average molecular weight is 1590 g/mol. The Balaban J connectivity index is 0.000000404. The second-order valence-electron chi connectivity index (χ2n) is 36.4. The van der Waals surface area contributed by atoms with Crippen LogP contribution >= 0.6 is 0 Å². The molecule has 4 aliphatic heterocycles. The number of primary amides is 1. The van der Waals surface area contributed by atoms with Crippen molar-refractivity contribution < 1.29 is 82.0 Å². The van der Waals surface area contributed by atoms with Crippen LogP contribution in [0, 0.1) is 23.7 Å². The highest BCUT2D eigenvalue weighted by Crippen LogP contribution is 2.40. The molecule has 113 heavy (non-hydrogen) atoms. The first-order valence-electron chi connectivity index (χ1n) is 40.6. The van der Waals surface area contributed by atoms with Gasteiger partial charge < -0.3 is 81.5 Å². The quantitative estimate of drug-likeness (QED) is 0.0139. The number of rotatable bonds is 33. The van der Waals surface area contributed by atoms with Gasteiger partial charge in [0.05, 0.1) is 30.0 Å². The molecule has 2 aromatic rings. The highest BCUT2D eigenvalue weighted by molar-refractivity contribution is 5.94. The molecule has 4 saturated heterocycles. The molecule has 0 saturated carbocycles. The van der Waals surface area contributed by atoms with Crippen LogP contribution in [0.15, 0.2) is 85.0 Å². The number of ether oxygens (including phenoxy) is 5. The Kier molecular flexibility index (Phi) is 36.1. The fourth-order valence-electron chi connectivity index (χ4n) is 15.4. The summed E-state index contributed by atoms with van der Waals surface area (Å²) in [6.07, 6.45) is 10.8. The molecule has 0 bridgehead atoms. The molecular formula is C85H137N11O17. The van der Waals surface area contributed by atoms with E-state index >= 15 is 0 Å². The SMILES string of the molecule is CC(C)C[C@@H](/C=C/[C@H](Cc1ccccc1)C(=O)N1CCC[C@H]1C(=O)N[C@@H](CCCNC(=O)OC1CC(C)(C)N(O)C(C)(C)C1)C(=O)OC(C)C)NC(=O)OC(C)(C)C.CC(C)C[C@@H](/C=C/[C@H](Cc1ccccc1)C(=O)N1CCC[C@H]1C(=O)N[C@@H](CCCNC(=O)OC1CC(C)(C)N(O)C(C)(C)C1)C(N)=O)NC(=O)OC(C)(C)C. The molecule has 0 spiro atoms. The molecule has 28 nitrogen and oxygen atoms in total. The van der Waals surface area contributed by atoms with Gasteiger partial charge in [0.2, 0.25) is 29.5 Å². The molecule has 0 radical (unpaired) electrons. The van der Waals surface area contributed by atoms with Gasteiger partial charge in [-0.3, -0.25) is 24.0 Å². The Morgan fingerprint density at radius 2 is 0.850 bits per heavy atom. The second-order valence-corrected chi connectivity index (χ2v) is 36.4. The van der Waals surface area contributed by atoms with Crippen LogP contribution in [0.25, 0.3) is 0 Å². The molecular weight excluding hydrogens is 1450 g/mol. The van der Waals surface area contributed by atoms with E-state index in [4.69, 9.17) is 29.4 Å². The number of hydrogen-bond acceptors (Lipinski definition) is 19. The van der Waals surface area contributed by atoms with Crippen molar-refractivity contribution in [1.82, 2.24) is 51.8 Å². The number of carbonyl (C=O) groups excluding carboxylic acids is 10. The summed E-state index contributed by atoms with van der Waals surface area (Å²) < 4.78 is 27.9. The molecule has 2 aromatic carbocycles. The highest BCUT2D eigenvalue weighted by Gasteiger charge is 2.49. The summed E-state index contributed by atoms with van der Waals surface area (Å²) in [4.78, 5) is 136. The Labute approximate surface area is 671 Å². The van der Waals surface area contributed by atoms with Gasteiger partial charge in [-0.2, -0.15) is 10.1 Å². The fraction of sp³-hybridized carbons (Fsp3) is 0.694. The summed E-state index contributed by atoms with van der Waals surface area (Å²) in [6.45, 7) is 38.7. The molecule has 4 heterocycles. The molecule has 9 amide bonds. The predicted octanol–water partition coefficient (Wildman–Crippen LogP) is 11.9. The number of nitrogens with two attached hydrogens (primary N) is 1. The number of esters is 1. The molecule has 4 aliphatic rings. The van der Waals surface area contributed by atoms with Gasteiger partial charge in [-0.05, 0) is 211 Å². The van der Waals surface area contributed by atoms with E-state index in [0.717, 1.165) is 11.1 Å². The zero-order valence-corrected chi connectivity index (χ0v) is 71.1. The Morgan fingerprint density at radius 1 is 0.504 bits per heavy atom. The summed E-state index contributed by atoms with van der Waals surface area (Å²) in [6, 6.07) is 14.9. The standard InChI is InChI=1S/C44H71N5O9.C41H66N6O8/c1-29(2)25-33(46-41(54)58-42(5,6)7)22-21-32(26-31-17-13-12-14-18-31)38(51)48-24-16-20-36(48)37(50)47-35(39(52)56-30(3)4)19-15-23-45-40(53)57-34-27-43(8,9)49(55)44(10,11)28-34;1-27(2)23-30(44-38(52)55-39(3,4)5)20-19-29(24-28-15-11-10-12-16-28)36(50)46-22-14-18-33(46)35(49)45-32(34(42)48)17-13-21-43-37(51)54-31-25-40(6,7)47(53)41(8,9)26-31/h12-14,17-18,21-22,29-30,32-36,55H,15-16,19-20,23-28H2,1-11H3,(H,45,53)(H,46,54)(H,47,50);10-12,15-16,19-20,27,29-33,53H,13-14,17-18,21-26H2,1-9H3,(H2,42,48)(H,43,51)(H,44,52)(H,45,49)/b22-21+;20-19+/t32-,33-,35+,36+;29-,30-,32+,33+/m11/s1. The Morgan fingerprint density at radius 3 is 1.18 bits per heavy atom. The first kappa shape index (κ1) is 95.2. The van der Waals surface area contributed by atoms with Crippen molar-refractivity contribution in [2.45, 2.75) is 329 Å². The van der Waals surface area contributed by atoms with Gasteiger partial charge in [0.15, 0.2) is 0 Å². The number of carbonyl (C=O) groups is 10. The van der Waals surface area contributed by atoms with Gasteiger partial charge in [-0.25, -0.2) is 24.0 Å². The maximum absolute atomic E-state index is 14.4. The number of hydrogen-bond donors (Lipinski definition) is 9. The molecule has 8 atom stereocenters. The minimum Gasteiger partial charge on any atom is -0.461 e. The van der Waals surface area contributed by atoms with E-state index in [9.17, 15) is 58.4 Å². The summed E-state index contributed by atoms with van der Waals surface area (Å²) in [5.74, 6) is -3.44. The Hall–Kier alpha value is -8.34. The molecule has 10 N–H and O–H groups in total. The zero-order chi connectivity index (χ0) is 84.6. The molecule has 634 valence electrons. The molecule has 4 fully saturated rings. The number of piperidine rings is 2. The third kappa shape index (κ3) is 32.5. The van der Waals surface area contributed by atoms with Gasteiger partial charge in [0.25, 0.3) is 0 Å². The van der Waals surface area contributed by atoms with E-state index < -0.39 is 130 Å². The second kappa shape index (κ2) is 42.9. The van der Waals surface area contributed by atoms with Crippen molar-refractivity contribution in [2.24, 2.45) is 29.4 Å². The van der Waals surface area contributed by atoms with Gasteiger partial charge in [0.1, 0.15) is 47.6 Å². The molecule has 0 aromatic heterocycles. The number of benzene rings is 2. The summed E-state index contributed by atoms with van der Waals surface area (Å²) >= 11 is 0. The van der Waals surface area contributed by atoms with E-state index in [0.29, 0.717) is 103 Å². The first-order valence-corrected chi connectivity index (χ1v) is 40.6. The van der Waals surface area contributed by atoms with E-state index in [2.05, 4.69) is 45.7 Å². The maximum Gasteiger partial charge on any atom is 0.408 e. The van der Waals surface area contributed by atoms with Crippen molar-refractivity contribution in [3.63, 3.8) is 0 Å². The molecule has 0 aliphatic carbocycles. The van der Waals surface area contributed by atoms with Crippen LogP contribution in [0.4, 0.5) is 19.2 Å². The monoisotopic (exact) mass is 1580 g/mol. The lowest BCUT2D eigenvalue weighted by molar-refractivity contribution is -0.256. The van der Waals surface area contributed by atoms with E-state index in [-0.39, 0.29) is 67.8 Å². The summed E-state index contributed by atoms with van der Waals surface area (Å²) in [5.41, 5.74) is 3.95. The van der Waals surface area contributed by atoms with E-state index in [1.165, 1.54) is 10.1 Å². The molecule has 6 rings (SSSR count). The lowest BCUT2D eigenvalue weighted by Crippen LogP contribution is -2.61. The van der Waals surface area contributed by atoms with Crippen molar-refractivity contribution in [1.29, 1.82) is 0 Å². The van der Waals surface area contributed by atoms with Crippen LogP contribution in [0.3, 0.4) is 0 Å². The van der Waals surface area contributed by atoms with Crippen LogP contribution in [-0.2, 0) is 65.3 Å². The van der Waals surface area contributed by atoms with Crippen molar-refractivity contribution in [3.05, 3.63) is 96.1 Å². The smallest absolute Gasteiger partial charge is 0.408 e. The van der Waals surface area contributed by atoms with Crippen LogP contribution in [-0.4, -0.2) is 204 Å². The van der Waals surface area contributed by atoms with Gasteiger partial charge >= 0.3 is 30.3 Å². The summed E-state index contributed by atoms with van der Waals surface area (Å²) in [5, 5.41) is 40.7. The van der Waals surface area contributed by atoms with Crippen LogP contribution in [0.1, 0.15) is 239 Å². The number of nitrogens with zero attached hydrogens (tertiary/aromatic N) is 4. The number of alkyl carbamates (subject to hydrolysis) is 4. The van der Waals surface area contributed by atoms with E-state index in [1.807, 2.05) is 154 Å². The van der Waals surface area contributed by atoms with Crippen molar-refractivity contribution in [3.8, 4) is 0 Å². The lowest BCUT2D eigenvalue weighted by atomic mass is 9.80. The fourth-order valence-corrected chi connectivity index (χ4v) is 15.4. The topological polar surface area (TPSA) is 368 Å². The zero-order valence-electron chi connectivity index (χ0n) is 71.1. The lowest BCUT2D eigenvalue weighted by Gasteiger charge is -2.50. The minimum atomic E-state index is -1.01. The summed E-state index contributed by atoms with van der Waals surface area (Å²) in [7, 11) is 0. The third-order valence-electron chi connectivity index (χ3n) is 20.2. The van der Waals surface area contributed by atoms with Crippen molar-refractivity contribution in [2.75, 3.05) is 26.2 Å². The maximum atomic E-state index is 14.4. The molecule has 0 unspecified atom stereocenters. The highest BCUT2D eigenvalue weighted by atomic mass is 16.6. The largest absolute Gasteiger partial charge is 0.461 e. The number of nitrogens with one attached hydrogen (secondary N) is 6. The average Bonchev–Trinajstić information content (AvgIpc) is 1.34. The molecule has 28 heteroatoms. The van der Waals surface area contributed by atoms with E-state index in [1.54, 1.807) is 65.2 Å².